The van der Waals surface area contributed by atoms with Crippen LogP contribution in [-0.2, 0) is 22.3 Å². The molecule has 0 saturated carbocycles. The molecule has 0 aliphatic heterocycles. The lowest BCUT2D eigenvalue weighted by atomic mass is 10.0. The first-order valence-corrected chi connectivity index (χ1v) is 8.08. The quantitative estimate of drug-likeness (QED) is 0.479. The maximum absolute atomic E-state index is 12.0. The number of esters is 1. The topological polar surface area (TPSA) is 35.5 Å². The SMILES string of the molecule is CCCCCOCCOC(=O)c1cc(CC)cc(CC)c1. The van der Waals surface area contributed by atoms with E-state index in [0.717, 1.165) is 25.9 Å². The Balaban J connectivity index is 2.38. The molecular formula is C18H28O3. The van der Waals surface area contributed by atoms with Crippen LogP contribution in [0.1, 0.15) is 61.5 Å². The van der Waals surface area contributed by atoms with Gasteiger partial charge in [0.1, 0.15) is 6.61 Å². The van der Waals surface area contributed by atoms with Gasteiger partial charge < -0.3 is 9.47 Å². The van der Waals surface area contributed by atoms with Crippen molar-refractivity contribution in [2.45, 2.75) is 52.9 Å². The zero-order chi connectivity index (χ0) is 15.5. The Hall–Kier alpha value is -1.35. The Bertz CT molecular complexity index is 404. The van der Waals surface area contributed by atoms with Crippen molar-refractivity contribution in [2.24, 2.45) is 0 Å². The van der Waals surface area contributed by atoms with Crippen LogP contribution in [0.4, 0.5) is 0 Å². The minimum atomic E-state index is -0.253. The first kappa shape index (κ1) is 17.7. The lowest BCUT2D eigenvalue weighted by Gasteiger charge is -2.09. The molecule has 118 valence electrons. The number of benzene rings is 1. The molecular weight excluding hydrogens is 264 g/mol. The summed E-state index contributed by atoms with van der Waals surface area (Å²) in [5, 5.41) is 0. The van der Waals surface area contributed by atoms with Gasteiger partial charge in [-0.2, -0.15) is 0 Å². The van der Waals surface area contributed by atoms with Gasteiger partial charge in [-0.05, 0) is 42.5 Å². The van der Waals surface area contributed by atoms with Crippen LogP contribution in [0.15, 0.2) is 18.2 Å². The number of unbranched alkanes of at least 4 members (excludes halogenated alkanes) is 2. The van der Waals surface area contributed by atoms with Crippen molar-refractivity contribution in [3.8, 4) is 0 Å². The highest BCUT2D eigenvalue weighted by molar-refractivity contribution is 5.89. The summed E-state index contributed by atoms with van der Waals surface area (Å²) in [6, 6.07) is 5.99. The van der Waals surface area contributed by atoms with E-state index in [-0.39, 0.29) is 5.97 Å². The molecule has 1 aromatic rings. The average molecular weight is 292 g/mol. The van der Waals surface area contributed by atoms with Gasteiger partial charge in [0.2, 0.25) is 0 Å². The molecule has 0 aliphatic carbocycles. The van der Waals surface area contributed by atoms with Gasteiger partial charge in [-0.15, -0.1) is 0 Å². The van der Waals surface area contributed by atoms with E-state index in [1.54, 1.807) is 0 Å². The first-order chi connectivity index (χ1) is 10.2. The van der Waals surface area contributed by atoms with Gasteiger partial charge in [-0.1, -0.05) is 39.7 Å². The fourth-order valence-electron chi connectivity index (χ4n) is 2.12. The molecule has 0 radical (unpaired) electrons. The number of hydrogen-bond acceptors (Lipinski definition) is 3. The summed E-state index contributed by atoms with van der Waals surface area (Å²) in [6.07, 6.45) is 5.29. The highest BCUT2D eigenvalue weighted by Crippen LogP contribution is 2.13. The summed E-state index contributed by atoms with van der Waals surface area (Å²) < 4.78 is 10.7. The Morgan fingerprint density at radius 1 is 0.905 bits per heavy atom. The van der Waals surface area contributed by atoms with Crippen LogP contribution >= 0.6 is 0 Å². The third-order valence-electron chi connectivity index (χ3n) is 3.46. The van der Waals surface area contributed by atoms with Crippen molar-refractivity contribution in [1.82, 2.24) is 0 Å². The monoisotopic (exact) mass is 292 g/mol. The molecule has 0 saturated heterocycles. The van der Waals surface area contributed by atoms with Crippen LogP contribution in [0.3, 0.4) is 0 Å². The number of hydrogen-bond donors (Lipinski definition) is 0. The minimum Gasteiger partial charge on any atom is -0.460 e. The van der Waals surface area contributed by atoms with E-state index in [2.05, 4.69) is 26.8 Å². The minimum absolute atomic E-state index is 0.253. The lowest BCUT2D eigenvalue weighted by Crippen LogP contribution is -2.12. The number of carbonyl (C=O) groups is 1. The molecule has 3 heteroatoms. The predicted molar refractivity (Wildman–Crippen MR) is 85.8 cm³/mol. The van der Waals surface area contributed by atoms with E-state index in [9.17, 15) is 4.79 Å². The standard InChI is InChI=1S/C18H28O3/c1-4-7-8-9-20-10-11-21-18(19)17-13-15(5-2)12-16(6-3)14-17/h12-14H,4-11H2,1-3H3. The summed E-state index contributed by atoms with van der Waals surface area (Å²) in [5.41, 5.74) is 3.01. The fraction of sp³-hybridized carbons (Fsp3) is 0.611. The lowest BCUT2D eigenvalue weighted by molar-refractivity contribution is 0.0312. The third kappa shape index (κ3) is 6.76. The van der Waals surface area contributed by atoms with E-state index in [1.807, 2.05) is 12.1 Å². The molecule has 0 spiro atoms. The Morgan fingerprint density at radius 3 is 2.14 bits per heavy atom. The second-order valence-electron chi connectivity index (χ2n) is 5.20. The molecule has 21 heavy (non-hydrogen) atoms. The van der Waals surface area contributed by atoms with Crippen molar-refractivity contribution in [3.05, 3.63) is 34.9 Å². The van der Waals surface area contributed by atoms with Gasteiger partial charge in [0.15, 0.2) is 0 Å². The predicted octanol–water partition coefficient (Wildman–Crippen LogP) is 4.18. The summed E-state index contributed by atoms with van der Waals surface area (Å²) >= 11 is 0. The van der Waals surface area contributed by atoms with E-state index in [1.165, 1.54) is 24.0 Å². The Labute approximate surface area is 128 Å². The van der Waals surface area contributed by atoms with Crippen molar-refractivity contribution in [3.63, 3.8) is 0 Å². The largest absolute Gasteiger partial charge is 0.460 e. The number of ether oxygens (including phenoxy) is 2. The molecule has 0 aromatic heterocycles. The number of aryl methyl sites for hydroxylation is 2. The molecule has 1 aromatic carbocycles. The van der Waals surface area contributed by atoms with Gasteiger partial charge in [0, 0.05) is 6.61 Å². The average Bonchev–Trinajstić information content (AvgIpc) is 2.53. The Morgan fingerprint density at radius 2 is 1.57 bits per heavy atom. The van der Waals surface area contributed by atoms with Crippen LogP contribution in [0, 0.1) is 0 Å². The van der Waals surface area contributed by atoms with E-state index in [4.69, 9.17) is 9.47 Å². The van der Waals surface area contributed by atoms with Crippen LogP contribution in [0.5, 0.6) is 0 Å². The second-order valence-corrected chi connectivity index (χ2v) is 5.20. The molecule has 0 unspecified atom stereocenters. The first-order valence-electron chi connectivity index (χ1n) is 8.08. The van der Waals surface area contributed by atoms with Crippen LogP contribution in [0.2, 0.25) is 0 Å². The molecule has 3 nitrogen and oxygen atoms in total. The third-order valence-corrected chi connectivity index (χ3v) is 3.46. The maximum atomic E-state index is 12.0. The summed E-state index contributed by atoms with van der Waals surface area (Å²) in [4.78, 5) is 12.0. The summed E-state index contributed by atoms with van der Waals surface area (Å²) in [7, 11) is 0. The Kier molecular flexibility index (Phi) is 8.76. The molecule has 0 heterocycles. The summed E-state index contributed by atoms with van der Waals surface area (Å²) in [6.45, 7) is 7.89. The molecule has 0 bridgehead atoms. The fourth-order valence-corrected chi connectivity index (χ4v) is 2.12. The van der Waals surface area contributed by atoms with E-state index in [0.29, 0.717) is 18.8 Å². The van der Waals surface area contributed by atoms with Gasteiger partial charge in [0.25, 0.3) is 0 Å². The molecule has 0 aliphatic rings. The maximum Gasteiger partial charge on any atom is 0.338 e. The zero-order valence-corrected chi connectivity index (χ0v) is 13.6. The van der Waals surface area contributed by atoms with Gasteiger partial charge in [0.05, 0.1) is 12.2 Å². The van der Waals surface area contributed by atoms with E-state index < -0.39 is 0 Å². The van der Waals surface area contributed by atoms with Crippen molar-refractivity contribution < 1.29 is 14.3 Å². The van der Waals surface area contributed by atoms with Crippen LogP contribution in [0.25, 0.3) is 0 Å². The van der Waals surface area contributed by atoms with Crippen molar-refractivity contribution >= 4 is 5.97 Å². The zero-order valence-electron chi connectivity index (χ0n) is 13.6. The normalized spacial score (nSPS) is 10.6. The molecule has 0 amide bonds. The second kappa shape index (κ2) is 10.4. The molecule has 1 rings (SSSR count). The van der Waals surface area contributed by atoms with Crippen molar-refractivity contribution in [2.75, 3.05) is 19.8 Å². The molecule has 0 atom stereocenters. The van der Waals surface area contributed by atoms with Crippen LogP contribution in [-0.4, -0.2) is 25.8 Å². The van der Waals surface area contributed by atoms with Gasteiger partial charge in [-0.3, -0.25) is 0 Å². The highest BCUT2D eigenvalue weighted by Gasteiger charge is 2.09. The van der Waals surface area contributed by atoms with Crippen molar-refractivity contribution in [1.29, 1.82) is 0 Å². The van der Waals surface area contributed by atoms with Gasteiger partial charge in [-0.25, -0.2) is 4.79 Å². The van der Waals surface area contributed by atoms with Gasteiger partial charge >= 0.3 is 5.97 Å². The number of rotatable bonds is 10. The van der Waals surface area contributed by atoms with Crippen LogP contribution < -0.4 is 0 Å². The molecule has 0 fully saturated rings. The molecule has 0 N–H and O–H groups in total. The highest BCUT2D eigenvalue weighted by atomic mass is 16.6. The van der Waals surface area contributed by atoms with E-state index >= 15 is 0 Å². The summed E-state index contributed by atoms with van der Waals surface area (Å²) in [5.74, 6) is -0.253. The smallest absolute Gasteiger partial charge is 0.338 e. The number of carbonyl (C=O) groups excluding carboxylic acids is 1.